The van der Waals surface area contributed by atoms with E-state index in [0.717, 1.165) is 29.1 Å². The van der Waals surface area contributed by atoms with Gasteiger partial charge in [-0.2, -0.15) is 0 Å². The molecular formula is C11H12N2OS. The Bertz CT molecular complexity index is 414. The summed E-state index contributed by atoms with van der Waals surface area (Å²) in [5.41, 5.74) is 2.09. The van der Waals surface area contributed by atoms with Gasteiger partial charge in [0.25, 0.3) is 0 Å². The molecule has 0 aliphatic carbocycles. The Balaban J connectivity index is 2.14. The summed E-state index contributed by atoms with van der Waals surface area (Å²) in [6.07, 6.45) is 5.17. The molecule has 0 fully saturated rings. The predicted octanol–water partition coefficient (Wildman–Crippen LogP) is 2.13. The molecule has 0 unspecified atom stereocenters. The Kier molecular flexibility index (Phi) is 3.42. The Morgan fingerprint density at radius 2 is 2.07 bits per heavy atom. The van der Waals surface area contributed by atoms with Gasteiger partial charge in [0, 0.05) is 36.4 Å². The van der Waals surface area contributed by atoms with Gasteiger partial charge in [0.05, 0.1) is 10.7 Å². The van der Waals surface area contributed by atoms with Crippen molar-refractivity contribution in [3.05, 3.63) is 34.9 Å². The largest absolute Gasteiger partial charge is 0.396 e. The highest BCUT2D eigenvalue weighted by molar-refractivity contribution is 7.09. The first-order valence-electron chi connectivity index (χ1n) is 4.86. The Hall–Kier alpha value is -1.26. The highest BCUT2D eigenvalue weighted by atomic mass is 32.1. The van der Waals surface area contributed by atoms with Crippen LogP contribution in [0.3, 0.4) is 0 Å². The number of aliphatic hydroxyl groups excluding tert-OH is 1. The maximum Gasteiger partial charge on any atom is 0.0933 e. The molecule has 1 N–H and O–H groups in total. The maximum absolute atomic E-state index is 8.72. The van der Waals surface area contributed by atoms with Gasteiger partial charge in [-0.25, -0.2) is 4.98 Å². The van der Waals surface area contributed by atoms with E-state index in [-0.39, 0.29) is 6.61 Å². The van der Waals surface area contributed by atoms with E-state index in [1.54, 1.807) is 23.7 Å². The summed E-state index contributed by atoms with van der Waals surface area (Å²) in [4.78, 5) is 8.47. The molecule has 0 atom stereocenters. The fraction of sp³-hybridized carbons (Fsp3) is 0.273. The third kappa shape index (κ3) is 2.61. The summed E-state index contributed by atoms with van der Waals surface area (Å²) >= 11 is 1.64. The second kappa shape index (κ2) is 5.00. The third-order valence-corrected chi connectivity index (χ3v) is 2.99. The van der Waals surface area contributed by atoms with Crippen LogP contribution in [0, 0.1) is 0 Å². The zero-order chi connectivity index (χ0) is 10.5. The van der Waals surface area contributed by atoms with Crippen molar-refractivity contribution in [3.8, 4) is 11.3 Å². The van der Waals surface area contributed by atoms with Gasteiger partial charge < -0.3 is 5.11 Å². The van der Waals surface area contributed by atoms with Crippen LogP contribution in [0.15, 0.2) is 29.9 Å². The molecule has 15 heavy (non-hydrogen) atoms. The molecule has 0 amide bonds. The minimum absolute atomic E-state index is 0.226. The molecule has 2 rings (SSSR count). The van der Waals surface area contributed by atoms with Gasteiger partial charge in [-0.05, 0) is 18.6 Å². The average molecular weight is 220 g/mol. The van der Waals surface area contributed by atoms with Crippen LogP contribution in [0.2, 0.25) is 0 Å². The lowest BCUT2D eigenvalue weighted by atomic mass is 10.2. The van der Waals surface area contributed by atoms with Gasteiger partial charge in [0.1, 0.15) is 0 Å². The zero-order valence-corrected chi connectivity index (χ0v) is 9.07. The van der Waals surface area contributed by atoms with E-state index >= 15 is 0 Å². The average Bonchev–Trinajstić information content (AvgIpc) is 2.76. The van der Waals surface area contributed by atoms with Crippen molar-refractivity contribution in [1.29, 1.82) is 0 Å². The molecule has 0 bridgehead atoms. The van der Waals surface area contributed by atoms with Crippen molar-refractivity contribution < 1.29 is 5.11 Å². The Labute approximate surface area is 92.5 Å². The number of hydrogen-bond donors (Lipinski definition) is 1. The molecule has 0 radical (unpaired) electrons. The number of aliphatic hydroxyl groups is 1. The molecule has 2 heterocycles. The first-order valence-corrected chi connectivity index (χ1v) is 5.74. The monoisotopic (exact) mass is 220 g/mol. The minimum Gasteiger partial charge on any atom is -0.396 e. The molecule has 2 aromatic heterocycles. The van der Waals surface area contributed by atoms with Crippen molar-refractivity contribution in [2.75, 3.05) is 6.61 Å². The van der Waals surface area contributed by atoms with E-state index in [1.807, 2.05) is 17.5 Å². The second-order valence-corrected chi connectivity index (χ2v) is 4.13. The lowest BCUT2D eigenvalue weighted by molar-refractivity contribution is 0.288. The quantitative estimate of drug-likeness (QED) is 0.858. The van der Waals surface area contributed by atoms with E-state index in [4.69, 9.17) is 5.11 Å². The van der Waals surface area contributed by atoms with Crippen LogP contribution < -0.4 is 0 Å². The van der Waals surface area contributed by atoms with Gasteiger partial charge >= 0.3 is 0 Å². The Morgan fingerprint density at radius 3 is 2.80 bits per heavy atom. The van der Waals surface area contributed by atoms with Gasteiger partial charge in [-0.15, -0.1) is 11.3 Å². The number of hydrogen-bond acceptors (Lipinski definition) is 4. The van der Waals surface area contributed by atoms with Crippen molar-refractivity contribution >= 4 is 11.3 Å². The third-order valence-electron chi connectivity index (χ3n) is 2.08. The zero-order valence-electron chi connectivity index (χ0n) is 8.26. The van der Waals surface area contributed by atoms with Crippen LogP contribution >= 0.6 is 11.3 Å². The lowest BCUT2D eigenvalue weighted by Crippen LogP contribution is -1.88. The van der Waals surface area contributed by atoms with E-state index < -0.39 is 0 Å². The van der Waals surface area contributed by atoms with Crippen LogP contribution in [0.5, 0.6) is 0 Å². The summed E-state index contributed by atoms with van der Waals surface area (Å²) in [6, 6.07) is 3.90. The predicted molar refractivity (Wildman–Crippen MR) is 60.8 cm³/mol. The second-order valence-electron chi connectivity index (χ2n) is 3.19. The molecule has 0 saturated carbocycles. The molecule has 78 valence electrons. The van der Waals surface area contributed by atoms with Crippen LogP contribution in [0.1, 0.15) is 11.4 Å². The highest BCUT2D eigenvalue weighted by Gasteiger charge is 2.03. The molecule has 0 aromatic carbocycles. The van der Waals surface area contributed by atoms with Gasteiger partial charge in [-0.3, -0.25) is 4.98 Å². The standard InChI is InChI=1S/C11H12N2OS/c14-7-1-2-11-13-10(8-15-11)9-3-5-12-6-4-9/h3-6,8,14H,1-2,7H2. The fourth-order valence-electron chi connectivity index (χ4n) is 1.31. The summed E-state index contributed by atoms with van der Waals surface area (Å²) < 4.78 is 0. The number of rotatable bonds is 4. The summed E-state index contributed by atoms with van der Waals surface area (Å²) in [6.45, 7) is 0.226. The maximum atomic E-state index is 8.72. The van der Waals surface area contributed by atoms with E-state index in [0.29, 0.717) is 0 Å². The molecule has 0 spiro atoms. The summed E-state index contributed by atoms with van der Waals surface area (Å²) in [5.74, 6) is 0. The van der Waals surface area contributed by atoms with E-state index in [9.17, 15) is 0 Å². The van der Waals surface area contributed by atoms with Gasteiger partial charge in [0.2, 0.25) is 0 Å². The summed E-state index contributed by atoms with van der Waals surface area (Å²) in [5, 5.41) is 11.8. The van der Waals surface area contributed by atoms with Crippen LogP contribution in [0.25, 0.3) is 11.3 Å². The summed E-state index contributed by atoms with van der Waals surface area (Å²) in [7, 11) is 0. The lowest BCUT2D eigenvalue weighted by Gasteiger charge is -1.94. The van der Waals surface area contributed by atoms with Crippen molar-refractivity contribution in [2.45, 2.75) is 12.8 Å². The van der Waals surface area contributed by atoms with Gasteiger partial charge in [0.15, 0.2) is 0 Å². The minimum atomic E-state index is 0.226. The normalized spacial score (nSPS) is 10.5. The number of aromatic nitrogens is 2. The highest BCUT2D eigenvalue weighted by Crippen LogP contribution is 2.21. The molecule has 0 saturated heterocycles. The van der Waals surface area contributed by atoms with Crippen molar-refractivity contribution in [1.82, 2.24) is 9.97 Å². The molecule has 0 aliphatic rings. The van der Waals surface area contributed by atoms with E-state index in [2.05, 4.69) is 9.97 Å². The molecular weight excluding hydrogens is 208 g/mol. The molecule has 4 heteroatoms. The van der Waals surface area contributed by atoms with Crippen LogP contribution in [-0.4, -0.2) is 21.7 Å². The molecule has 0 aliphatic heterocycles. The fourth-order valence-corrected chi connectivity index (χ4v) is 2.16. The van der Waals surface area contributed by atoms with Crippen LogP contribution in [0.4, 0.5) is 0 Å². The molecule has 2 aromatic rings. The van der Waals surface area contributed by atoms with Crippen LogP contribution in [-0.2, 0) is 6.42 Å². The van der Waals surface area contributed by atoms with E-state index in [1.165, 1.54) is 0 Å². The first-order chi connectivity index (χ1) is 7.40. The van der Waals surface area contributed by atoms with Gasteiger partial charge in [-0.1, -0.05) is 0 Å². The molecule has 3 nitrogen and oxygen atoms in total. The first kappa shape index (κ1) is 10.3. The number of thiazole rings is 1. The van der Waals surface area contributed by atoms with Crippen molar-refractivity contribution in [3.63, 3.8) is 0 Å². The number of nitrogens with zero attached hydrogens (tertiary/aromatic N) is 2. The number of pyridine rings is 1. The SMILES string of the molecule is OCCCc1nc(-c2ccncc2)cs1. The number of aryl methyl sites for hydroxylation is 1. The smallest absolute Gasteiger partial charge is 0.0933 e. The Morgan fingerprint density at radius 1 is 1.27 bits per heavy atom. The topological polar surface area (TPSA) is 46.0 Å². The van der Waals surface area contributed by atoms with Crippen molar-refractivity contribution in [2.24, 2.45) is 0 Å².